The summed E-state index contributed by atoms with van der Waals surface area (Å²) >= 11 is 26.1. The number of pyridine rings is 3. The van der Waals surface area contributed by atoms with Crippen molar-refractivity contribution in [1.82, 2.24) is 108 Å². The van der Waals surface area contributed by atoms with E-state index < -0.39 is 242 Å². The van der Waals surface area contributed by atoms with Crippen LogP contribution in [0.15, 0.2) is 82.8 Å². The Morgan fingerprint density at radius 1 is 0.416 bits per heavy atom. The lowest BCUT2D eigenvalue weighted by Gasteiger charge is -2.28. The number of phosphoric acid groups is 1. The van der Waals surface area contributed by atoms with Crippen molar-refractivity contribution in [2.75, 3.05) is 74.0 Å². The van der Waals surface area contributed by atoms with E-state index in [4.69, 9.17) is 155 Å². The van der Waals surface area contributed by atoms with Gasteiger partial charge < -0.3 is 95.9 Å². The topological polar surface area (TPSA) is 735 Å². The summed E-state index contributed by atoms with van der Waals surface area (Å²) in [5, 5.41) is 2.64. The molecule has 0 amide bonds. The van der Waals surface area contributed by atoms with Crippen molar-refractivity contribution < 1.29 is 142 Å². The molecular weight excluding hydrogens is 2120 g/mol. The van der Waals surface area contributed by atoms with E-state index in [1.165, 1.54) is 63.1 Å². The summed E-state index contributed by atoms with van der Waals surface area (Å²) in [5.41, 5.74) is 33.0. The second-order valence-corrected chi connectivity index (χ2v) is 48.9. The van der Waals surface area contributed by atoms with Gasteiger partial charge in [0, 0.05) is 18.6 Å². The fraction of sp³-hybridized carbons (Fsp3) is 0.484. The zero-order chi connectivity index (χ0) is 97.4. The van der Waals surface area contributed by atoms with E-state index in [-0.39, 0.29) is 90.7 Å². The third kappa shape index (κ3) is 18.8. The lowest BCUT2D eigenvalue weighted by molar-refractivity contribution is -0.141. The minimum atomic E-state index is -5.37. The number of nitrogens with zero attached hydrogens (tertiary/aromatic N) is 19. The molecule has 0 spiro atoms. The average molecular weight is 2180 g/mol. The van der Waals surface area contributed by atoms with Crippen LogP contribution in [0.1, 0.15) is 35.7 Å². The summed E-state index contributed by atoms with van der Waals surface area (Å²) in [7, 11) is -5.37. The van der Waals surface area contributed by atoms with Gasteiger partial charge >= 0.3 is 53.3 Å². The van der Waals surface area contributed by atoms with Crippen LogP contribution in [0.25, 0.3) is 67.0 Å². The number of imidazole rings is 5. The monoisotopic (exact) mass is 2180 g/mol. The number of alkyl halides is 8. The molecule has 28 atom stereocenters. The van der Waals surface area contributed by atoms with E-state index in [2.05, 4.69) is 92.3 Å². The van der Waals surface area contributed by atoms with E-state index in [1.807, 2.05) is 0 Å². The van der Waals surface area contributed by atoms with E-state index in [1.54, 1.807) is 0 Å². The van der Waals surface area contributed by atoms with Crippen LogP contribution >= 0.6 is 77.3 Å². The molecule has 0 aliphatic carbocycles. The first-order valence-corrected chi connectivity index (χ1v) is 55.5. The number of aromatic nitrogens is 22. The van der Waals surface area contributed by atoms with Crippen LogP contribution in [0.2, 0.25) is 0 Å². The van der Waals surface area contributed by atoms with Gasteiger partial charge in [0.2, 0.25) is 30.3 Å². The second kappa shape index (κ2) is 36.6. The van der Waals surface area contributed by atoms with E-state index in [0.717, 1.165) is 51.6 Å². The van der Waals surface area contributed by atoms with Crippen molar-refractivity contribution in [3.05, 3.63) is 99.5 Å². The van der Waals surface area contributed by atoms with Gasteiger partial charge in [-0.25, -0.2) is 66.6 Å². The fourth-order valence-electron chi connectivity index (χ4n) is 15.9. The van der Waals surface area contributed by atoms with Crippen LogP contribution in [0.3, 0.4) is 0 Å². The van der Waals surface area contributed by atoms with E-state index >= 15 is 35.1 Å². The number of fused-ring (bicyclic) bond motifs is 15. The lowest BCUT2D eigenvalue weighted by atomic mass is 10.1. The van der Waals surface area contributed by atoms with Crippen LogP contribution in [-0.4, -0.2) is 280 Å². The predicted molar refractivity (Wildman–Crippen MR) is 475 cm³/mol. The molecule has 21 heterocycles. The molecule has 54 nitrogen and oxygen atoms in total. The number of nitrogens with one attached hydrogen (secondary N) is 3. The van der Waals surface area contributed by atoms with Crippen LogP contribution in [0, 0.1) is 0 Å². The van der Waals surface area contributed by atoms with Crippen molar-refractivity contribution in [2.45, 2.75) is 144 Å². The molecule has 6 unspecified atom stereocenters. The van der Waals surface area contributed by atoms with Gasteiger partial charge in [-0.2, -0.15) is 37.2 Å². The zero-order valence-corrected chi connectivity index (χ0v) is 78.8. The average Bonchev–Trinajstić information content (AvgIpc) is 1.58. The van der Waals surface area contributed by atoms with Gasteiger partial charge in [-0.15, -0.1) is 28.6 Å². The molecule has 9 saturated heterocycles. The molecule has 0 aromatic carbocycles. The first-order chi connectivity index (χ1) is 64.6. The summed E-state index contributed by atoms with van der Waals surface area (Å²) in [6, 6.07) is 4.32. The highest BCUT2D eigenvalue weighted by Crippen LogP contribution is 2.65. The number of thiol groups is 1. The Hall–Kier alpha value is -7.65. The van der Waals surface area contributed by atoms with Gasteiger partial charge in [-0.1, -0.05) is 17.5 Å². The predicted octanol–water partition coefficient (Wildman–Crippen LogP) is 3.48. The molecule has 21 rings (SSSR count). The zero-order valence-electron chi connectivity index (χ0n) is 67.7. The molecule has 6 bridgehead atoms. The third-order valence-electron chi connectivity index (χ3n) is 22.0. The number of thioether (sulfide) groups is 2. The first kappa shape index (κ1) is 98.1. The third-order valence-corrected chi connectivity index (χ3v) is 33.8. The van der Waals surface area contributed by atoms with Gasteiger partial charge in [-0.05, 0) is 65.4 Å². The maximum Gasteiger partial charge on any atom is 0.472 e. The molecule has 9 fully saturated rings. The summed E-state index contributed by atoms with van der Waals surface area (Å²) in [6.07, 6.45) is -23.6. The number of rotatable bonds is 6. The molecule has 12 aromatic rings. The number of hydrogen-bond acceptors (Lipinski definition) is 46. The number of nitrogen functional groups attached to an aromatic ring is 6. The molecule has 75 heteroatoms. The summed E-state index contributed by atoms with van der Waals surface area (Å²) in [5.74, 6) is -8.85. The number of anilines is 6. The standard InChI is InChI=1S/C21H22F3N9O8P2S3.C21H23F2N9O9P2S2.C20H21F3N10O9P2S2/c22-10-9-4-38-43(36,45)41-14-8(39-19(21(14,23)24)33-6-28-11-7(25)1-2-27-15(11)33)3-37-42(35,44)40-13(10)18(46-9)32-5-29-12-16(32)30-20(26)31-17(12)34;22-10-8-3-36-42(34,44)40-14-9(39-19(11(14)23)31-5-27-12-7(24)1-2-26-16(12)31)4-37-43(35,45)41-15(10)20(38-8)32-6-28-13-17(32)29-21(25)30-18(13)33;21-9-8-4-38-43(35,36)42-13-7(40-18(20(13,22)23)33-14-10(30-31-33)6(24)1-2-26-14)3-39-44(37,45)41-12(9)17(46-8)32-5-27-11-15(32)28-19(25)29-16(11)34/h1-2,5-6,8-10,13-14,18-19H,3-4H2,(H2,25,27)(H,35,44)(H,36,45)(H3,26,30,31,34);1-2,5-6,8-11,14-15,19-20H,3-4H2,(H2,24,26)(H,34,44)(H,35,45)(H3,25,29,30,33);1-2,5,7-9,12-13,17-18H,3-4H2,(H2,24,26)(H,35,36)(H,37,45)(H3,25,28,29,34)/t8-,9-,10+,13-,14-,18-,19-,42?,43?;8-,9-,10-,11+,14-,15-,19-,20-,42?,43?;7-,8-,9+,12-,13-,17-,18-,44?/m111/s1. The molecule has 137 heavy (non-hydrogen) atoms. The maximum atomic E-state index is 16.0. The lowest BCUT2D eigenvalue weighted by Crippen LogP contribution is -2.41. The number of phosphoric ester groups is 1. The SMILES string of the molecule is Nc1nc2c(ncn2[C@@H]2O[C@@H]3COP(O)(=S)O[C@H]4[C@H](F)[C@H](n5cnc6c(N)ccnc65)O[C@@H]4COP(O)(=S)O[C@@H]2[C@@H]3F)c(=O)[nH]1.Nc1nc2c(ncn2[C@@H]2S[C@@H]3COP(=O)(O)O[C@@H]4[C@@H](COP(O)(=S)O[C@@H]2[C@H]3F)O[C@@H](n2nnc3c(N)ccnc32)C4(F)F)c(=O)[nH]1.Nc1nc2c(ncn2[C@@H]2S[C@@H]3COP(=O)(S)O[C@@H]4[C@@H](COP(O)(=S)O[C@@H]2[C@H]3F)O[C@@H](n2cnc3c(N)ccnc32)C4(F)F)c(=O)[nH]1. The highest BCUT2D eigenvalue weighted by atomic mass is 32.7. The molecule has 0 saturated carbocycles. The van der Waals surface area contributed by atoms with E-state index in [0.29, 0.717) is 15.9 Å². The van der Waals surface area contributed by atoms with Gasteiger partial charge in [0.1, 0.15) is 83.0 Å². The molecule has 9 aliphatic rings. The van der Waals surface area contributed by atoms with Crippen molar-refractivity contribution >= 4 is 226 Å². The highest BCUT2D eigenvalue weighted by molar-refractivity contribution is 8.44. The van der Waals surface area contributed by atoms with Gasteiger partial charge in [0.25, 0.3) is 16.7 Å². The van der Waals surface area contributed by atoms with Gasteiger partial charge in [-0.3, -0.25) is 88.4 Å². The number of halogens is 8. The Morgan fingerprint density at radius 2 is 0.803 bits per heavy atom. The molecular formula is C62H66F8N28O26P6S7. The molecule has 20 N–H and O–H groups in total. The largest absolute Gasteiger partial charge is 0.472 e. The minimum Gasteiger partial charge on any atom is -0.397 e. The van der Waals surface area contributed by atoms with Crippen molar-refractivity contribution in [2.24, 2.45) is 0 Å². The van der Waals surface area contributed by atoms with Crippen molar-refractivity contribution in [3.8, 4) is 0 Å². The van der Waals surface area contributed by atoms with Crippen LogP contribution in [0.5, 0.6) is 0 Å². The Kier molecular flexibility index (Phi) is 26.2. The molecule has 0 radical (unpaired) electrons. The minimum absolute atomic E-state index is 0.0203. The van der Waals surface area contributed by atoms with Gasteiger partial charge in [0.15, 0.2) is 93.0 Å². The van der Waals surface area contributed by atoms with Crippen molar-refractivity contribution in [1.29, 1.82) is 0 Å². The quantitative estimate of drug-likeness (QED) is 0.0643. The Balaban J connectivity index is 0.000000132. The Labute approximate surface area is 788 Å². The normalized spacial score (nSPS) is 37.0. The van der Waals surface area contributed by atoms with Crippen LogP contribution in [0.4, 0.5) is 70.0 Å². The molecule has 738 valence electrons. The Bertz CT molecular complexity index is 7000. The number of aromatic amines is 3. The summed E-state index contributed by atoms with van der Waals surface area (Å²) in [4.78, 5) is 143. The summed E-state index contributed by atoms with van der Waals surface area (Å²) in [6.45, 7) is -27.0. The number of nitrogens with two attached hydrogens (primary N) is 6. The summed E-state index contributed by atoms with van der Waals surface area (Å²) < 4.78 is 248. The second-order valence-electron chi connectivity index (χ2n) is 30.7. The van der Waals surface area contributed by atoms with Gasteiger partial charge in [0.05, 0.1) is 98.8 Å². The molecule has 9 aliphatic heterocycles. The first-order valence-electron chi connectivity index (χ1n) is 39.1. The number of H-pyrrole nitrogens is 3. The maximum absolute atomic E-state index is 16.0. The van der Waals surface area contributed by atoms with Crippen LogP contribution < -0.4 is 51.1 Å². The molecule has 12 aromatic heterocycles. The highest BCUT2D eigenvalue weighted by Gasteiger charge is 2.67. The smallest absolute Gasteiger partial charge is 0.397 e. The van der Waals surface area contributed by atoms with Crippen molar-refractivity contribution in [3.63, 3.8) is 0 Å². The number of ether oxygens (including phenoxy) is 4. The van der Waals surface area contributed by atoms with Crippen LogP contribution in [-0.2, 0) is 130 Å². The fourth-order valence-corrected chi connectivity index (χ4v) is 27.3. The number of hydrogen-bond donors (Lipinski definition) is 15. The Morgan fingerprint density at radius 3 is 1.31 bits per heavy atom. The van der Waals surface area contributed by atoms with E-state index in [9.17, 15) is 48.0 Å².